The second-order valence-electron chi connectivity index (χ2n) is 13.3. The first-order chi connectivity index (χ1) is 20.3. The lowest BCUT2D eigenvalue weighted by Crippen LogP contribution is -2.84. The third-order valence-corrected chi connectivity index (χ3v) is 10.8. The Morgan fingerprint density at radius 2 is 1.69 bits per heavy atom. The van der Waals surface area contributed by atoms with Crippen molar-refractivity contribution in [1.82, 2.24) is 9.80 Å². The minimum Gasteiger partial charge on any atom is -0.485 e. The summed E-state index contributed by atoms with van der Waals surface area (Å²) >= 11 is 0. The molecule has 1 N–H and O–H groups in total. The predicted molar refractivity (Wildman–Crippen MR) is 156 cm³/mol. The van der Waals surface area contributed by atoms with Crippen LogP contribution >= 0.6 is 0 Å². The highest BCUT2D eigenvalue weighted by atomic mass is 19.3. The predicted octanol–water partition coefficient (Wildman–Crippen LogP) is 5.58. The fraction of sp³-hybridized carbons (Fsp3) is 0.486. The second kappa shape index (κ2) is 9.50. The zero-order chi connectivity index (χ0) is 28.7. The van der Waals surface area contributed by atoms with E-state index >= 15 is 8.78 Å². The number of likely N-dealkylation sites (N-methyl/N-ethyl adjacent to an activating group) is 1. The van der Waals surface area contributed by atoms with Gasteiger partial charge in [0.25, 0.3) is 5.92 Å². The topological polar surface area (TPSA) is 45.2 Å². The number of halogens is 2. The van der Waals surface area contributed by atoms with Gasteiger partial charge in [0.1, 0.15) is 18.1 Å². The molecule has 2 heterocycles. The van der Waals surface area contributed by atoms with Crippen molar-refractivity contribution in [3.05, 3.63) is 95.1 Å². The first-order valence-corrected chi connectivity index (χ1v) is 15.4. The van der Waals surface area contributed by atoms with Gasteiger partial charge in [-0.1, -0.05) is 66.7 Å². The molecule has 0 unspecified atom stereocenters. The summed E-state index contributed by atoms with van der Waals surface area (Å²) in [4.78, 5) is 4.08. The van der Waals surface area contributed by atoms with Crippen LogP contribution in [0, 0.1) is 5.92 Å². The maximum Gasteiger partial charge on any atom is 0.276 e. The monoisotopic (exact) mass is 572 g/mol. The summed E-state index contributed by atoms with van der Waals surface area (Å²) in [7, 11) is 2.00. The first kappa shape index (κ1) is 26.6. The van der Waals surface area contributed by atoms with Crippen molar-refractivity contribution in [2.45, 2.75) is 80.4 Å². The molecule has 3 aromatic rings. The minimum atomic E-state index is -3.19. The Hall–Kier alpha value is -3.00. The number of ether oxygens (including phenoxy) is 2. The molecule has 3 fully saturated rings. The normalized spacial score (nSPS) is 32.4. The molecule has 220 valence electrons. The zero-order valence-corrected chi connectivity index (χ0v) is 24.0. The first-order valence-electron chi connectivity index (χ1n) is 15.4. The van der Waals surface area contributed by atoms with Crippen molar-refractivity contribution in [2.75, 3.05) is 20.1 Å². The van der Waals surface area contributed by atoms with Gasteiger partial charge in [0.05, 0.1) is 12.1 Å². The van der Waals surface area contributed by atoms with Crippen LogP contribution in [0.2, 0.25) is 0 Å². The molecule has 5 aliphatic rings. The zero-order valence-electron chi connectivity index (χ0n) is 24.0. The molecular formula is C35H38F2N2O3. The largest absolute Gasteiger partial charge is 0.485 e. The Kier molecular flexibility index (Phi) is 6.02. The smallest absolute Gasteiger partial charge is 0.276 e. The molecule has 3 aliphatic carbocycles. The maximum atomic E-state index is 17.2. The molecule has 8 rings (SSSR count). The number of alkyl halides is 2. The fourth-order valence-corrected chi connectivity index (χ4v) is 8.78. The summed E-state index contributed by atoms with van der Waals surface area (Å²) < 4.78 is 47.5. The van der Waals surface area contributed by atoms with Crippen molar-refractivity contribution < 1.29 is 23.4 Å². The van der Waals surface area contributed by atoms with E-state index in [-0.39, 0.29) is 18.6 Å². The van der Waals surface area contributed by atoms with Gasteiger partial charge in [-0.25, -0.2) is 8.78 Å². The summed E-state index contributed by atoms with van der Waals surface area (Å²) in [5, 5.41) is 12.8. The summed E-state index contributed by atoms with van der Waals surface area (Å²) in [5.74, 6) is -1.86. The van der Waals surface area contributed by atoms with E-state index in [2.05, 4.69) is 17.0 Å². The van der Waals surface area contributed by atoms with Crippen LogP contribution in [0.15, 0.2) is 72.8 Å². The minimum absolute atomic E-state index is 0.299. The molecule has 2 bridgehead atoms. The van der Waals surface area contributed by atoms with E-state index in [0.29, 0.717) is 61.9 Å². The molecule has 1 spiro atoms. The lowest BCUT2D eigenvalue weighted by molar-refractivity contribution is -0.289. The molecular weight excluding hydrogens is 534 g/mol. The summed E-state index contributed by atoms with van der Waals surface area (Å²) in [5.41, 5.74) is 0.0228. The van der Waals surface area contributed by atoms with Gasteiger partial charge in [-0.3, -0.25) is 9.80 Å². The average molecular weight is 573 g/mol. The van der Waals surface area contributed by atoms with Gasteiger partial charge in [-0.05, 0) is 67.8 Å². The average Bonchev–Trinajstić information content (AvgIpc) is 3.71. The van der Waals surface area contributed by atoms with Crippen LogP contribution in [-0.4, -0.2) is 64.8 Å². The van der Waals surface area contributed by atoms with Crippen molar-refractivity contribution >= 4 is 0 Å². The van der Waals surface area contributed by atoms with Gasteiger partial charge in [0.15, 0.2) is 11.5 Å². The standard InChI is InChI=1S/C35H38F2N2O3/c1-38(19-23-8-4-2-5-9-23)27-16-17-33(40)29-18-26-14-15-28(41-21-25-10-6-3-7-11-25)31-30(26)35(33,32(27)42-31)34(36,37)22-39(29)20-24-12-13-24/h2-11,14-15,24,27,29,32,40H,12-13,16-22H2,1H3/t27-,29+,32+,33-,35-/m1/s1. The third kappa shape index (κ3) is 3.76. The van der Waals surface area contributed by atoms with E-state index in [4.69, 9.17) is 9.47 Å². The fourth-order valence-electron chi connectivity index (χ4n) is 8.78. The molecule has 3 aromatic carbocycles. The van der Waals surface area contributed by atoms with E-state index in [9.17, 15) is 5.11 Å². The molecule has 5 atom stereocenters. The van der Waals surface area contributed by atoms with Crippen LogP contribution in [-0.2, 0) is 25.0 Å². The van der Waals surface area contributed by atoms with Gasteiger partial charge in [0.2, 0.25) is 0 Å². The quantitative estimate of drug-likeness (QED) is 0.382. The van der Waals surface area contributed by atoms with E-state index < -0.39 is 23.0 Å². The number of piperidine rings is 1. The number of benzene rings is 3. The van der Waals surface area contributed by atoms with E-state index in [1.54, 1.807) is 0 Å². The van der Waals surface area contributed by atoms with Gasteiger partial charge in [-0.15, -0.1) is 0 Å². The third-order valence-electron chi connectivity index (χ3n) is 10.8. The Labute approximate surface area is 246 Å². The highest BCUT2D eigenvalue weighted by Gasteiger charge is 2.83. The molecule has 42 heavy (non-hydrogen) atoms. The molecule has 0 radical (unpaired) electrons. The Morgan fingerprint density at radius 1 is 0.976 bits per heavy atom. The van der Waals surface area contributed by atoms with Crippen LogP contribution in [0.4, 0.5) is 8.78 Å². The summed E-state index contributed by atoms with van der Waals surface area (Å²) in [6.45, 7) is 1.20. The molecule has 0 amide bonds. The molecule has 2 saturated carbocycles. The lowest BCUT2D eigenvalue weighted by Gasteiger charge is -2.66. The van der Waals surface area contributed by atoms with E-state index in [1.165, 1.54) is 0 Å². The molecule has 1 saturated heterocycles. The number of likely N-dealkylation sites (tertiary alicyclic amines) is 1. The van der Waals surface area contributed by atoms with Gasteiger partial charge in [0, 0.05) is 30.7 Å². The summed E-state index contributed by atoms with van der Waals surface area (Å²) in [6.07, 6.45) is 2.70. The number of aliphatic hydroxyl groups is 1. The highest BCUT2D eigenvalue weighted by molar-refractivity contribution is 5.64. The second-order valence-corrected chi connectivity index (χ2v) is 13.3. The molecule has 0 aromatic heterocycles. The van der Waals surface area contributed by atoms with Crippen LogP contribution in [0.5, 0.6) is 11.5 Å². The maximum absolute atomic E-state index is 17.2. The van der Waals surface area contributed by atoms with Crippen molar-refractivity contribution in [3.63, 3.8) is 0 Å². The van der Waals surface area contributed by atoms with Crippen LogP contribution in [0.25, 0.3) is 0 Å². The van der Waals surface area contributed by atoms with E-state index in [0.717, 1.165) is 29.5 Å². The number of nitrogens with zero attached hydrogens (tertiary/aromatic N) is 2. The highest BCUT2D eigenvalue weighted by Crippen LogP contribution is 2.70. The van der Waals surface area contributed by atoms with Crippen molar-refractivity contribution in [3.8, 4) is 11.5 Å². The van der Waals surface area contributed by atoms with Crippen molar-refractivity contribution in [1.29, 1.82) is 0 Å². The van der Waals surface area contributed by atoms with Crippen LogP contribution < -0.4 is 9.47 Å². The molecule has 2 aliphatic heterocycles. The Bertz CT molecular complexity index is 1480. The lowest BCUT2D eigenvalue weighted by atomic mass is 9.46. The Balaban J connectivity index is 1.25. The summed E-state index contributed by atoms with van der Waals surface area (Å²) in [6, 6.07) is 23.1. The van der Waals surface area contributed by atoms with Crippen LogP contribution in [0.3, 0.4) is 0 Å². The molecule has 7 heteroatoms. The number of hydrogen-bond donors (Lipinski definition) is 1. The number of rotatable bonds is 8. The van der Waals surface area contributed by atoms with Gasteiger partial charge in [-0.2, -0.15) is 0 Å². The van der Waals surface area contributed by atoms with Gasteiger partial charge < -0.3 is 14.6 Å². The Morgan fingerprint density at radius 3 is 2.40 bits per heavy atom. The number of hydrogen-bond acceptors (Lipinski definition) is 5. The van der Waals surface area contributed by atoms with E-state index in [1.807, 2.05) is 72.6 Å². The molecule has 5 nitrogen and oxygen atoms in total. The SMILES string of the molecule is CN(Cc1ccccc1)[C@@H]1CC[C@@]2(O)[C@@H]3Cc4ccc(OCc5ccccc5)c5c4[C@]2([C@H]1O5)C(F)(F)CN3CC1CC1. The van der Waals surface area contributed by atoms with Crippen LogP contribution in [0.1, 0.15) is 47.9 Å². The van der Waals surface area contributed by atoms with Gasteiger partial charge >= 0.3 is 0 Å². The van der Waals surface area contributed by atoms with Crippen molar-refractivity contribution in [2.24, 2.45) is 5.92 Å².